The lowest BCUT2D eigenvalue weighted by atomic mass is 10.2. The SMILES string of the molecule is CC(O)c1nccn1C.Cc1ccc(S(=O)(=O)O)cc1. The highest BCUT2D eigenvalue weighted by atomic mass is 32.2. The predicted molar refractivity (Wildman–Crippen MR) is 74.8 cm³/mol. The molecule has 0 aliphatic heterocycles. The number of rotatable bonds is 2. The van der Waals surface area contributed by atoms with Crippen LogP contribution in [0, 0.1) is 6.92 Å². The Bertz CT molecular complexity index is 645. The van der Waals surface area contributed by atoms with Crippen LogP contribution in [0.1, 0.15) is 24.4 Å². The van der Waals surface area contributed by atoms with Crippen molar-refractivity contribution < 1.29 is 18.1 Å². The second kappa shape index (κ2) is 6.65. The second-order valence-corrected chi connectivity index (χ2v) is 5.78. The number of nitrogens with zero attached hydrogens (tertiary/aromatic N) is 2. The van der Waals surface area contributed by atoms with Crippen molar-refractivity contribution in [1.29, 1.82) is 0 Å². The molecular formula is C13H18N2O4S. The first kappa shape index (κ1) is 16.4. The quantitative estimate of drug-likeness (QED) is 0.823. The van der Waals surface area contributed by atoms with Gasteiger partial charge in [-0.25, -0.2) is 4.98 Å². The first-order valence-corrected chi connectivity index (χ1v) is 7.35. The highest BCUT2D eigenvalue weighted by Crippen LogP contribution is 2.08. The standard InChI is InChI=1S/C7H8O3S.C6H10N2O/c1-6-2-4-7(5-3-6)11(8,9)10;1-5(9)6-7-3-4-8(6)2/h2-5H,1H3,(H,8,9,10);3-5,9H,1-2H3. The lowest BCUT2D eigenvalue weighted by Crippen LogP contribution is -2.00. The summed E-state index contributed by atoms with van der Waals surface area (Å²) in [6, 6.07) is 5.99. The molecule has 6 nitrogen and oxygen atoms in total. The minimum atomic E-state index is -4.02. The summed E-state index contributed by atoms with van der Waals surface area (Å²) >= 11 is 0. The fourth-order valence-electron chi connectivity index (χ4n) is 1.49. The third kappa shape index (κ3) is 4.76. The monoisotopic (exact) mass is 298 g/mol. The van der Waals surface area contributed by atoms with E-state index in [0.29, 0.717) is 5.82 Å². The third-order valence-corrected chi connectivity index (χ3v) is 3.42. The predicted octanol–water partition coefficient (Wildman–Crippen LogP) is 1.72. The maximum absolute atomic E-state index is 10.5. The first-order valence-electron chi connectivity index (χ1n) is 5.91. The fraction of sp³-hybridized carbons (Fsp3) is 0.308. The number of aliphatic hydroxyl groups is 1. The molecule has 0 spiro atoms. The molecule has 20 heavy (non-hydrogen) atoms. The maximum Gasteiger partial charge on any atom is 0.294 e. The molecule has 0 saturated heterocycles. The van der Waals surface area contributed by atoms with E-state index >= 15 is 0 Å². The third-order valence-electron chi connectivity index (χ3n) is 2.55. The Morgan fingerprint density at radius 1 is 1.25 bits per heavy atom. The highest BCUT2D eigenvalue weighted by Gasteiger charge is 2.06. The smallest absolute Gasteiger partial charge is 0.294 e. The van der Waals surface area contributed by atoms with Gasteiger partial charge in [0.05, 0.1) is 4.90 Å². The van der Waals surface area contributed by atoms with Gasteiger partial charge >= 0.3 is 0 Å². The van der Waals surface area contributed by atoms with Crippen molar-refractivity contribution >= 4 is 10.1 Å². The molecule has 0 aliphatic rings. The van der Waals surface area contributed by atoms with Gasteiger partial charge in [0.15, 0.2) is 0 Å². The van der Waals surface area contributed by atoms with Crippen molar-refractivity contribution in [3.05, 3.63) is 48.0 Å². The summed E-state index contributed by atoms with van der Waals surface area (Å²) in [7, 11) is -2.16. The summed E-state index contributed by atoms with van der Waals surface area (Å²) in [4.78, 5) is 3.86. The summed E-state index contributed by atoms with van der Waals surface area (Å²) in [5.41, 5.74) is 0.956. The van der Waals surface area contributed by atoms with Gasteiger partial charge in [-0.15, -0.1) is 0 Å². The average molecular weight is 298 g/mol. The van der Waals surface area contributed by atoms with Gasteiger partial charge < -0.3 is 9.67 Å². The zero-order valence-corrected chi connectivity index (χ0v) is 12.4. The molecule has 1 aromatic carbocycles. The van der Waals surface area contributed by atoms with Gasteiger partial charge in [0.2, 0.25) is 0 Å². The van der Waals surface area contributed by atoms with Crippen LogP contribution in [0.15, 0.2) is 41.6 Å². The van der Waals surface area contributed by atoms with Gasteiger partial charge in [-0.05, 0) is 26.0 Å². The Morgan fingerprint density at radius 3 is 2.10 bits per heavy atom. The molecule has 2 N–H and O–H groups in total. The number of hydrogen-bond acceptors (Lipinski definition) is 4. The average Bonchev–Trinajstić information content (AvgIpc) is 2.76. The van der Waals surface area contributed by atoms with Crippen molar-refractivity contribution in [3.63, 3.8) is 0 Å². The summed E-state index contributed by atoms with van der Waals surface area (Å²) in [5, 5.41) is 9.01. The first-order chi connectivity index (χ1) is 9.21. The molecule has 0 aliphatic carbocycles. The highest BCUT2D eigenvalue weighted by molar-refractivity contribution is 7.85. The van der Waals surface area contributed by atoms with Crippen molar-refractivity contribution in [1.82, 2.24) is 9.55 Å². The Kier molecular flexibility index (Phi) is 5.43. The Labute approximate surface area is 118 Å². The van der Waals surface area contributed by atoms with Gasteiger partial charge in [0.25, 0.3) is 10.1 Å². The normalized spacial score (nSPS) is 12.4. The maximum atomic E-state index is 10.5. The van der Waals surface area contributed by atoms with E-state index in [2.05, 4.69) is 4.98 Å². The minimum absolute atomic E-state index is 0.0666. The van der Waals surface area contributed by atoms with Crippen molar-refractivity contribution in [3.8, 4) is 0 Å². The van der Waals surface area contributed by atoms with Crippen molar-refractivity contribution in [2.24, 2.45) is 7.05 Å². The van der Waals surface area contributed by atoms with Gasteiger partial charge in [0, 0.05) is 19.4 Å². The minimum Gasteiger partial charge on any atom is -0.385 e. The van der Waals surface area contributed by atoms with E-state index in [4.69, 9.17) is 9.66 Å². The van der Waals surface area contributed by atoms with Crippen LogP contribution in [0.2, 0.25) is 0 Å². The van der Waals surface area contributed by atoms with E-state index in [1.54, 1.807) is 29.8 Å². The lowest BCUT2D eigenvalue weighted by Gasteiger charge is -2.01. The molecular weight excluding hydrogens is 280 g/mol. The molecule has 1 heterocycles. The summed E-state index contributed by atoms with van der Waals surface area (Å²) in [5.74, 6) is 0.704. The molecule has 2 rings (SSSR count). The van der Waals surface area contributed by atoms with Gasteiger partial charge in [-0.2, -0.15) is 8.42 Å². The van der Waals surface area contributed by atoms with Crippen LogP contribution >= 0.6 is 0 Å². The van der Waals surface area contributed by atoms with E-state index in [-0.39, 0.29) is 4.90 Å². The summed E-state index contributed by atoms with van der Waals surface area (Å²) in [6.07, 6.45) is 3.01. The van der Waals surface area contributed by atoms with E-state index in [1.807, 2.05) is 20.2 Å². The van der Waals surface area contributed by atoms with Gasteiger partial charge in [0.1, 0.15) is 11.9 Å². The van der Waals surface area contributed by atoms with Crippen molar-refractivity contribution in [2.75, 3.05) is 0 Å². The van der Waals surface area contributed by atoms with E-state index in [1.165, 1.54) is 12.1 Å². The topological polar surface area (TPSA) is 92.4 Å². The zero-order chi connectivity index (χ0) is 15.3. The lowest BCUT2D eigenvalue weighted by molar-refractivity contribution is 0.185. The van der Waals surface area contributed by atoms with Crippen LogP contribution in [0.3, 0.4) is 0 Å². The Morgan fingerprint density at radius 2 is 1.80 bits per heavy atom. The van der Waals surface area contributed by atoms with Crippen LogP contribution in [0.25, 0.3) is 0 Å². The second-order valence-electron chi connectivity index (χ2n) is 4.36. The summed E-state index contributed by atoms with van der Waals surface area (Å²) < 4.78 is 31.3. The van der Waals surface area contributed by atoms with Crippen LogP contribution in [0.5, 0.6) is 0 Å². The zero-order valence-electron chi connectivity index (χ0n) is 11.6. The van der Waals surface area contributed by atoms with Crippen molar-refractivity contribution in [2.45, 2.75) is 24.8 Å². The van der Waals surface area contributed by atoms with E-state index < -0.39 is 16.2 Å². The molecule has 0 bridgehead atoms. The molecule has 0 amide bonds. The molecule has 1 unspecified atom stereocenters. The molecule has 1 atom stereocenters. The molecule has 0 radical (unpaired) electrons. The molecule has 7 heteroatoms. The number of benzene rings is 1. The molecule has 0 saturated carbocycles. The van der Waals surface area contributed by atoms with Crippen LogP contribution in [-0.2, 0) is 17.2 Å². The van der Waals surface area contributed by atoms with Crippen LogP contribution in [-0.4, -0.2) is 27.6 Å². The molecule has 1 aromatic heterocycles. The summed E-state index contributed by atoms with van der Waals surface area (Å²) in [6.45, 7) is 3.54. The number of aromatic nitrogens is 2. The molecule has 0 fully saturated rings. The van der Waals surface area contributed by atoms with E-state index in [0.717, 1.165) is 5.56 Å². The Balaban J connectivity index is 0.000000204. The molecule has 2 aromatic rings. The molecule has 110 valence electrons. The number of hydrogen-bond donors (Lipinski definition) is 2. The van der Waals surface area contributed by atoms with Gasteiger partial charge in [-0.3, -0.25) is 4.55 Å². The fourth-order valence-corrected chi connectivity index (χ4v) is 1.97. The number of aryl methyl sites for hydroxylation is 2. The largest absolute Gasteiger partial charge is 0.385 e. The van der Waals surface area contributed by atoms with Crippen LogP contribution in [0.4, 0.5) is 0 Å². The van der Waals surface area contributed by atoms with E-state index in [9.17, 15) is 8.42 Å². The number of imidazole rings is 1. The van der Waals surface area contributed by atoms with Gasteiger partial charge in [-0.1, -0.05) is 17.7 Å². The van der Waals surface area contributed by atoms with Crippen LogP contribution < -0.4 is 0 Å². The Hall–Kier alpha value is -1.70. The number of aliphatic hydroxyl groups excluding tert-OH is 1.